The molecule has 0 atom stereocenters. The molecule has 148 valence electrons. The largest absolute Gasteiger partial charge is 0.436 e. The van der Waals surface area contributed by atoms with Crippen LogP contribution in [-0.4, -0.2) is 10.9 Å². The summed E-state index contributed by atoms with van der Waals surface area (Å²) in [4.78, 5) is 17.7. The first-order valence-corrected chi connectivity index (χ1v) is 10.8. The third-order valence-electron chi connectivity index (χ3n) is 4.51. The molecule has 4 nitrogen and oxygen atoms in total. The molecule has 2 aromatic heterocycles. The van der Waals surface area contributed by atoms with Crippen LogP contribution in [-0.2, 0) is 0 Å². The van der Waals surface area contributed by atoms with E-state index in [4.69, 9.17) is 39.2 Å². The highest BCUT2D eigenvalue weighted by Crippen LogP contribution is 2.37. The van der Waals surface area contributed by atoms with E-state index in [1.807, 2.05) is 18.2 Å². The Morgan fingerprint density at radius 3 is 2.63 bits per heavy atom. The van der Waals surface area contributed by atoms with Gasteiger partial charge in [0.15, 0.2) is 5.58 Å². The molecule has 2 heterocycles. The SMILES string of the molecule is O=C(Nc1ccc2oc(-c3cccc(Cl)c3)nc2c1)c1sc2cc(Cl)ccc2c1Cl. The van der Waals surface area contributed by atoms with Gasteiger partial charge in [-0.2, -0.15) is 0 Å². The van der Waals surface area contributed by atoms with Gasteiger partial charge >= 0.3 is 0 Å². The summed E-state index contributed by atoms with van der Waals surface area (Å²) in [5.74, 6) is 0.163. The van der Waals surface area contributed by atoms with E-state index in [-0.39, 0.29) is 5.91 Å². The monoisotopic (exact) mass is 472 g/mol. The number of hydrogen-bond acceptors (Lipinski definition) is 4. The molecular weight excluding hydrogens is 463 g/mol. The highest BCUT2D eigenvalue weighted by molar-refractivity contribution is 7.21. The Morgan fingerprint density at radius 1 is 0.967 bits per heavy atom. The van der Waals surface area contributed by atoms with E-state index in [0.29, 0.717) is 42.6 Å². The Balaban J connectivity index is 1.45. The lowest BCUT2D eigenvalue weighted by molar-refractivity contribution is 0.103. The third kappa shape index (κ3) is 3.55. The molecule has 1 amide bonds. The maximum atomic E-state index is 12.8. The maximum absolute atomic E-state index is 12.8. The molecule has 30 heavy (non-hydrogen) atoms. The fraction of sp³-hybridized carbons (Fsp3) is 0. The van der Waals surface area contributed by atoms with Gasteiger partial charge in [0.25, 0.3) is 5.91 Å². The second kappa shape index (κ2) is 7.60. The van der Waals surface area contributed by atoms with E-state index in [1.165, 1.54) is 11.3 Å². The standard InChI is InChI=1S/C22H11Cl3N2O2S/c23-12-3-1-2-11(8-12)22-27-16-10-14(5-7-17(16)29-22)26-21(28)20-19(25)15-6-4-13(24)9-18(15)30-20/h1-10H,(H,26,28). The van der Waals surface area contributed by atoms with Crippen molar-refractivity contribution in [1.82, 2.24) is 4.98 Å². The maximum Gasteiger partial charge on any atom is 0.267 e. The number of oxazole rings is 1. The predicted octanol–water partition coefficient (Wildman–Crippen LogP) is 7.92. The van der Waals surface area contributed by atoms with E-state index in [1.54, 1.807) is 42.5 Å². The van der Waals surface area contributed by atoms with E-state index >= 15 is 0 Å². The molecule has 0 aliphatic rings. The van der Waals surface area contributed by atoms with Crippen LogP contribution in [0.15, 0.2) is 65.1 Å². The second-order valence-corrected chi connectivity index (χ2v) is 8.85. The molecule has 5 aromatic rings. The van der Waals surface area contributed by atoms with Gasteiger partial charge in [0, 0.05) is 31.4 Å². The lowest BCUT2D eigenvalue weighted by atomic mass is 10.2. The number of nitrogens with one attached hydrogen (secondary N) is 1. The summed E-state index contributed by atoms with van der Waals surface area (Å²) in [6.07, 6.45) is 0. The predicted molar refractivity (Wildman–Crippen MR) is 124 cm³/mol. The van der Waals surface area contributed by atoms with Crippen molar-refractivity contribution in [1.29, 1.82) is 0 Å². The minimum absolute atomic E-state index is 0.296. The van der Waals surface area contributed by atoms with Crippen molar-refractivity contribution in [3.63, 3.8) is 0 Å². The smallest absolute Gasteiger partial charge is 0.267 e. The normalized spacial score (nSPS) is 11.3. The average Bonchev–Trinajstić information content (AvgIpc) is 3.28. The van der Waals surface area contributed by atoms with Crippen LogP contribution < -0.4 is 5.32 Å². The van der Waals surface area contributed by atoms with Crippen LogP contribution in [0.4, 0.5) is 5.69 Å². The van der Waals surface area contributed by atoms with Gasteiger partial charge in [0.2, 0.25) is 5.89 Å². The summed E-state index contributed by atoms with van der Waals surface area (Å²) in [6.45, 7) is 0. The quantitative estimate of drug-likeness (QED) is 0.289. The van der Waals surface area contributed by atoms with E-state index in [9.17, 15) is 4.79 Å². The van der Waals surface area contributed by atoms with Gasteiger partial charge in [0.05, 0.1) is 5.02 Å². The molecule has 8 heteroatoms. The van der Waals surface area contributed by atoms with Crippen molar-refractivity contribution in [2.45, 2.75) is 0 Å². The van der Waals surface area contributed by atoms with Crippen LogP contribution in [0.25, 0.3) is 32.6 Å². The molecule has 0 radical (unpaired) electrons. The first-order valence-electron chi connectivity index (χ1n) is 8.83. The number of amides is 1. The van der Waals surface area contributed by atoms with E-state index in [2.05, 4.69) is 10.3 Å². The van der Waals surface area contributed by atoms with Gasteiger partial charge in [-0.05, 0) is 48.5 Å². The van der Waals surface area contributed by atoms with Crippen molar-refractivity contribution >= 4 is 78.9 Å². The number of rotatable bonds is 3. The zero-order valence-electron chi connectivity index (χ0n) is 15.1. The molecule has 1 N–H and O–H groups in total. The zero-order chi connectivity index (χ0) is 20.8. The van der Waals surface area contributed by atoms with Gasteiger partial charge in [0.1, 0.15) is 10.4 Å². The number of carbonyl (C=O) groups is 1. The molecule has 0 unspecified atom stereocenters. The van der Waals surface area contributed by atoms with Gasteiger partial charge in [-0.25, -0.2) is 4.98 Å². The summed E-state index contributed by atoms with van der Waals surface area (Å²) in [6, 6.07) is 17.9. The number of anilines is 1. The van der Waals surface area contributed by atoms with Crippen molar-refractivity contribution in [3.05, 3.63) is 80.6 Å². The molecule has 0 saturated carbocycles. The number of hydrogen-bond donors (Lipinski definition) is 1. The number of benzene rings is 3. The Bertz CT molecular complexity index is 1440. The van der Waals surface area contributed by atoms with Crippen LogP contribution >= 0.6 is 46.1 Å². The summed E-state index contributed by atoms with van der Waals surface area (Å²) in [7, 11) is 0. The van der Waals surface area contributed by atoms with Gasteiger partial charge in [-0.3, -0.25) is 4.79 Å². The molecule has 0 aliphatic carbocycles. The topological polar surface area (TPSA) is 55.1 Å². The number of halogens is 3. The fourth-order valence-corrected chi connectivity index (χ4v) is 5.00. The molecule has 0 saturated heterocycles. The Hall–Kier alpha value is -2.57. The van der Waals surface area contributed by atoms with Gasteiger partial charge in [-0.1, -0.05) is 46.9 Å². The minimum atomic E-state index is -0.296. The Morgan fingerprint density at radius 2 is 1.80 bits per heavy atom. The lowest BCUT2D eigenvalue weighted by Crippen LogP contribution is -2.10. The van der Waals surface area contributed by atoms with Crippen molar-refractivity contribution in [2.24, 2.45) is 0 Å². The number of fused-ring (bicyclic) bond motifs is 2. The van der Waals surface area contributed by atoms with Crippen molar-refractivity contribution < 1.29 is 9.21 Å². The van der Waals surface area contributed by atoms with Crippen LogP contribution in [0.5, 0.6) is 0 Å². The molecular formula is C22H11Cl3N2O2S. The molecule has 5 rings (SSSR count). The van der Waals surface area contributed by atoms with E-state index < -0.39 is 0 Å². The molecule has 0 aliphatic heterocycles. The molecule has 0 bridgehead atoms. The number of aromatic nitrogens is 1. The highest BCUT2D eigenvalue weighted by atomic mass is 35.5. The van der Waals surface area contributed by atoms with Crippen LogP contribution in [0.3, 0.4) is 0 Å². The van der Waals surface area contributed by atoms with Crippen LogP contribution in [0.2, 0.25) is 15.1 Å². The molecule has 0 spiro atoms. The first kappa shape index (κ1) is 19.4. The minimum Gasteiger partial charge on any atom is -0.436 e. The molecule has 3 aromatic carbocycles. The van der Waals surface area contributed by atoms with Crippen molar-refractivity contribution in [2.75, 3.05) is 5.32 Å². The average molecular weight is 474 g/mol. The second-order valence-electron chi connectivity index (χ2n) is 6.55. The first-order chi connectivity index (χ1) is 14.5. The van der Waals surface area contributed by atoms with Gasteiger partial charge < -0.3 is 9.73 Å². The van der Waals surface area contributed by atoms with Crippen LogP contribution in [0, 0.1) is 0 Å². The Kier molecular flexibility index (Phi) is 4.91. The van der Waals surface area contributed by atoms with Gasteiger partial charge in [-0.15, -0.1) is 11.3 Å². The summed E-state index contributed by atoms with van der Waals surface area (Å²) < 4.78 is 6.67. The van der Waals surface area contributed by atoms with E-state index in [0.717, 1.165) is 15.6 Å². The fourth-order valence-electron chi connectivity index (χ4n) is 3.12. The molecule has 0 fully saturated rings. The van der Waals surface area contributed by atoms with Crippen molar-refractivity contribution in [3.8, 4) is 11.5 Å². The summed E-state index contributed by atoms with van der Waals surface area (Å²) in [5, 5.41) is 5.29. The third-order valence-corrected chi connectivity index (χ3v) is 6.64. The highest BCUT2D eigenvalue weighted by Gasteiger charge is 2.18. The number of carbonyl (C=O) groups excluding carboxylic acids is 1. The van der Waals surface area contributed by atoms with Crippen LogP contribution in [0.1, 0.15) is 9.67 Å². The lowest BCUT2D eigenvalue weighted by Gasteiger charge is -2.03. The number of thiophene rings is 1. The zero-order valence-corrected chi connectivity index (χ0v) is 18.2. The number of nitrogens with zero attached hydrogens (tertiary/aromatic N) is 1. The summed E-state index contributed by atoms with van der Waals surface area (Å²) in [5.41, 5.74) is 2.60. The Labute approximate surface area is 190 Å². The summed E-state index contributed by atoms with van der Waals surface area (Å²) >= 11 is 19.8.